The number of nitrogens with two attached hydrogens (primary N) is 1. The number of rotatable bonds is 2. The summed E-state index contributed by atoms with van der Waals surface area (Å²) in [7, 11) is 0. The number of halogens is 1. The Labute approximate surface area is 130 Å². The monoisotopic (exact) mass is 347 g/mol. The van der Waals surface area contributed by atoms with Gasteiger partial charge in [0.05, 0.1) is 18.9 Å². The minimum atomic E-state index is 0.353. The van der Waals surface area contributed by atoms with Crippen molar-refractivity contribution in [1.29, 1.82) is 5.26 Å². The minimum Gasteiger partial charge on any atom is -0.382 e. The van der Waals surface area contributed by atoms with Gasteiger partial charge >= 0.3 is 0 Å². The fourth-order valence-corrected chi connectivity index (χ4v) is 2.78. The zero-order valence-corrected chi connectivity index (χ0v) is 12.9. The fourth-order valence-electron chi connectivity index (χ4n) is 2.33. The number of para-hydroxylation sites is 1. The van der Waals surface area contributed by atoms with Crippen molar-refractivity contribution in [2.24, 2.45) is 0 Å². The van der Waals surface area contributed by atoms with Gasteiger partial charge in [-0.15, -0.1) is 5.10 Å². The van der Waals surface area contributed by atoms with Gasteiger partial charge in [-0.25, -0.2) is 4.68 Å². The van der Waals surface area contributed by atoms with Crippen LogP contribution in [0.2, 0.25) is 0 Å². The number of hydrogen-bond donors (Lipinski definition) is 1. The lowest BCUT2D eigenvalue weighted by Gasteiger charge is -2.26. The van der Waals surface area contributed by atoms with E-state index >= 15 is 0 Å². The summed E-state index contributed by atoms with van der Waals surface area (Å²) in [6, 6.07) is 9.80. The van der Waals surface area contributed by atoms with E-state index in [1.807, 2.05) is 29.2 Å². The van der Waals surface area contributed by atoms with E-state index in [4.69, 9.17) is 10.5 Å². The van der Waals surface area contributed by atoms with Crippen LogP contribution in [-0.2, 0) is 4.74 Å². The molecule has 0 aliphatic carbocycles. The van der Waals surface area contributed by atoms with Crippen molar-refractivity contribution in [1.82, 2.24) is 9.78 Å². The zero-order valence-electron chi connectivity index (χ0n) is 11.3. The molecule has 21 heavy (non-hydrogen) atoms. The zero-order chi connectivity index (χ0) is 14.8. The van der Waals surface area contributed by atoms with Gasteiger partial charge in [-0.2, -0.15) is 5.26 Å². The van der Waals surface area contributed by atoms with E-state index in [-0.39, 0.29) is 0 Å². The van der Waals surface area contributed by atoms with E-state index < -0.39 is 0 Å². The lowest BCUT2D eigenvalue weighted by atomic mass is 10.3. The summed E-state index contributed by atoms with van der Waals surface area (Å²) in [6.07, 6.45) is 0. The van der Waals surface area contributed by atoms with Crippen LogP contribution in [0.5, 0.6) is 0 Å². The van der Waals surface area contributed by atoms with Gasteiger partial charge in [0.1, 0.15) is 17.5 Å². The number of hydrogen-bond acceptors (Lipinski definition) is 5. The Morgan fingerprint density at radius 1 is 1.29 bits per heavy atom. The summed E-state index contributed by atoms with van der Waals surface area (Å²) in [6.45, 7) is 2.68. The summed E-state index contributed by atoms with van der Waals surface area (Å²) >= 11 is 3.49. The molecule has 3 rings (SSSR count). The van der Waals surface area contributed by atoms with Crippen molar-refractivity contribution in [3.05, 3.63) is 34.3 Å². The van der Waals surface area contributed by atoms with E-state index in [1.54, 1.807) is 4.68 Å². The second kappa shape index (κ2) is 5.76. The lowest BCUT2D eigenvalue weighted by molar-refractivity contribution is 0.122. The van der Waals surface area contributed by atoms with Crippen LogP contribution in [0.3, 0.4) is 0 Å². The molecule has 2 heterocycles. The Hall–Kier alpha value is -2.04. The smallest absolute Gasteiger partial charge is 0.171 e. The van der Waals surface area contributed by atoms with Crippen LogP contribution in [0, 0.1) is 11.3 Å². The maximum Gasteiger partial charge on any atom is 0.171 e. The average molecular weight is 348 g/mol. The van der Waals surface area contributed by atoms with Gasteiger partial charge in [-0.3, -0.25) is 0 Å². The second-order valence-corrected chi connectivity index (χ2v) is 5.51. The predicted molar refractivity (Wildman–Crippen MR) is 83.4 cm³/mol. The number of aromatic nitrogens is 2. The molecule has 2 N–H and O–H groups in total. The van der Waals surface area contributed by atoms with Gasteiger partial charge in [-0.1, -0.05) is 12.1 Å². The Bertz CT molecular complexity index is 700. The normalized spacial score (nSPS) is 15.0. The molecule has 6 nitrogen and oxygen atoms in total. The molecular formula is C14H14BrN5O. The molecule has 1 aliphatic rings. The molecule has 0 atom stereocenters. The Morgan fingerprint density at radius 2 is 2.00 bits per heavy atom. The second-order valence-electron chi connectivity index (χ2n) is 4.66. The van der Waals surface area contributed by atoms with Crippen LogP contribution < -0.4 is 10.6 Å². The maximum absolute atomic E-state index is 9.41. The van der Waals surface area contributed by atoms with Crippen molar-refractivity contribution in [2.45, 2.75) is 0 Å². The van der Waals surface area contributed by atoms with Gasteiger partial charge in [0.25, 0.3) is 0 Å². The first kappa shape index (κ1) is 13.9. The molecular weight excluding hydrogens is 334 g/mol. The number of benzene rings is 1. The predicted octanol–water partition coefficient (Wildman–Crippen LogP) is 1.93. The summed E-state index contributed by atoms with van der Waals surface area (Å²) < 4.78 is 7.81. The Kier molecular flexibility index (Phi) is 3.82. The van der Waals surface area contributed by atoms with E-state index in [0.717, 1.165) is 10.2 Å². The number of anilines is 2. The largest absolute Gasteiger partial charge is 0.382 e. The van der Waals surface area contributed by atoms with E-state index in [0.29, 0.717) is 43.5 Å². The number of nitrogens with zero attached hydrogens (tertiary/aromatic N) is 4. The standard InChI is InChI=1S/C14H14BrN5O/c15-11-3-1-2-4-12(11)20-13(17)10(9-16)14(18-20)19-5-7-21-8-6-19/h1-4H,5-8,17H2. The highest BCUT2D eigenvalue weighted by Crippen LogP contribution is 2.30. The summed E-state index contributed by atoms with van der Waals surface area (Å²) in [5.74, 6) is 0.972. The van der Waals surface area contributed by atoms with Gasteiger partial charge in [-0.05, 0) is 28.1 Å². The number of nitriles is 1. The summed E-state index contributed by atoms with van der Waals surface area (Å²) in [5, 5.41) is 14.0. The first-order chi connectivity index (χ1) is 10.2. The van der Waals surface area contributed by atoms with Crippen LogP contribution in [0.1, 0.15) is 5.56 Å². The van der Waals surface area contributed by atoms with Crippen molar-refractivity contribution in [2.75, 3.05) is 36.9 Å². The third-order valence-corrected chi connectivity index (χ3v) is 4.08. The molecule has 0 saturated carbocycles. The van der Waals surface area contributed by atoms with Crippen molar-refractivity contribution < 1.29 is 4.74 Å². The topological polar surface area (TPSA) is 80.1 Å². The van der Waals surface area contributed by atoms with E-state index in [1.165, 1.54) is 0 Å². The quantitative estimate of drug-likeness (QED) is 0.897. The SMILES string of the molecule is N#Cc1c(N2CCOCC2)nn(-c2ccccc2Br)c1N. The minimum absolute atomic E-state index is 0.353. The Balaban J connectivity index is 2.09. The van der Waals surface area contributed by atoms with Crippen LogP contribution in [0.15, 0.2) is 28.7 Å². The van der Waals surface area contributed by atoms with Gasteiger partial charge in [0.15, 0.2) is 5.82 Å². The molecule has 0 unspecified atom stereocenters. The van der Waals surface area contributed by atoms with Crippen LogP contribution >= 0.6 is 15.9 Å². The molecule has 1 aromatic heterocycles. The van der Waals surface area contributed by atoms with Gasteiger partial charge < -0.3 is 15.4 Å². The van der Waals surface area contributed by atoms with Crippen molar-refractivity contribution in [3.63, 3.8) is 0 Å². The first-order valence-electron chi connectivity index (χ1n) is 6.58. The van der Waals surface area contributed by atoms with Crippen LogP contribution in [0.25, 0.3) is 5.69 Å². The molecule has 1 saturated heterocycles. The van der Waals surface area contributed by atoms with E-state index in [9.17, 15) is 5.26 Å². The van der Waals surface area contributed by atoms with E-state index in [2.05, 4.69) is 27.1 Å². The lowest BCUT2D eigenvalue weighted by Crippen LogP contribution is -2.37. The van der Waals surface area contributed by atoms with Crippen LogP contribution in [-0.4, -0.2) is 36.1 Å². The van der Waals surface area contributed by atoms with Gasteiger partial charge in [0.2, 0.25) is 0 Å². The van der Waals surface area contributed by atoms with Crippen molar-refractivity contribution >= 4 is 27.6 Å². The molecule has 1 aromatic carbocycles. The summed E-state index contributed by atoms with van der Waals surface area (Å²) in [5.41, 5.74) is 7.34. The molecule has 7 heteroatoms. The maximum atomic E-state index is 9.41. The molecule has 1 aliphatic heterocycles. The highest BCUT2D eigenvalue weighted by molar-refractivity contribution is 9.10. The fraction of sp³-hybridized carbons (Fsp3) is 0.286. The third-order valence-electron chi connectivity index (χ3n) is 3.41. The number of morpholine rings is 1. The highest BCUT2D eigenvalue weighted by atomic mass is 79.9. The molecule has 0 spiro atoms. The Morgan fingerprint density at radius 3 is 2.67 bits per heavy atom. The van der Waals surface area contributed by atoms with Crippen molar-refractivity contribution in [3.8, 4) is 11.8 Å². The molecule has 0 amide bonds. The molecule has 0 radical (unpaired) electrons. The van der Waals surface area contributed by atoms with Crippen LogP contribution in [0.4, 0.5) is 11.6 Å². The molecule has 0 bridgehead atoms. The third kappa shape index (κ3) is 2.48. The van der Waals surface area contributed by atoms with Gasteiger partial charge in [0, 0.05) is 17.6 Å². The molecule has 2 aromatic rings. The number of nitrogen functional groups attached to an aromatic ring is 1. The summed E-state index contributed by atoms with van der Waals surface area (Å²) in [4.78, 5) is 2.03. The number of ether oxygens (including phenoxy) is 1. The highest BCUT2D eigenvalue weighted by Gasteiger charge is 2.23. The molecule has 1 fully saturated rings. The first-order valence-corrected chi connectivity index (χ1v) is 7.38. The average Bonchev–Trinajstić information content (AvgIpc) is 2.85. The molecule has 108 valence electrons.